The maximum Gasteiger partial charge on any atom is 0.0519 e. The van der Waals surface area contributed by atoms with Gasteiger partial charge in [0.2, 0.25) is 0 Å². The predicted molar refractivity (Wildman–Crippen MR) is 52.1 cm³/mol. The summed E-state index contributed by atoms with van der Waals surface area (Å²) in [5.74, 6) is 0.743. The second kappa shape index (κ2) is 2.73. The van der Waals surface area contributed by atoms with Crippen molar-refractivity contribution in [3.63, 3.8) is 0 Å². The first kappa shape index (κ1) is 10.0. The van der Waals surface area contributed by atoms with Crippen molar-refractivity contribution in [2.24, 2.45) is 16.7 Å². The topological polar surface area (TPSA) is 9.23 Å². The van der Waals surface area contributed by atoms with Gasteiger partial charge in [-0.3, -0.25) is 0 Å². The minimum Gasteiger partial charge on any atom is -0.378 e. The lowest BCUT2D eigenvalue weighted by Gasteiger charge is -2.07. The maximum absolute atomic E-state index is 5.64. The molecule has 0 radical (unpaired) electrons. The highest BCUT2D eigenvalue weighted by molar-refractivity contribution is 5.12. The zero-order valence-electron chi connectivity index (χ0n) is 9.27. The first-order chi connectivity index (χ1) is 5.30. The van der Waals surface area contributed by atoms with Crippen LogP contribution < -0.4 is 0 Å². The lowest BCUT2D eigenvalue weighted by atomic mass is 10.0. The molecule has 1 aliphatic carbocycles. The standard InChI is InChI=1S/C11H22O/c1-8(2)12-7-9-10(3,4)11(9,5)6/h8-9H,7H2,1-6H3. The van der Waals surface area contributed by atoms with Crippen LogP contribution in [-0.4, -0.2) is 12.7 Å². The molecule has 12 heavy (non-hydrogen) atoms. The van der Waals surface area contributed by atoms with Gasteiger partial charge in [0.05, 0.1) is 12.7 Å². The number of hydrogen-bond acceptors (Lipinski definition) is 1. The molecule has 0 saturated heterocycles. The van der Waals surface area contributed by atoms with Crippen LogP contribution in [0, 0.1) is 16.7 Å². The highest BCUT2D eigenvalue weighted by Crippen LogP contribution is 2.68. The third kappa shape index (κ3) is 1.39. The van der Waals surface area contributed by atoms with Crippen LogP contribution in [0.4, 0.5) is 0 Å². The van der Waals surface area contributed by atoms with E-state index in [9.17, 15) is 0 Å². The molecular formula is C11H22O. The van der Waals surface area contributed by atoms with Crippen molar-refractivity contribution < 1.29 is 4.74 Å². The highest BCUT2D eigenvalue weighted by Gasteiger charge is 2.64. The van der Waals surface area contributed by atoms with Gasteiger partial charge in [0.1, 0.15) is 0 Å². The molecule has 1 aliphatic rings. The Morgan fingerprint density at radius 3 is 1.75 bits per heavy atom. The molecule has 72 valence electrons. The van der Waals surface area contributed by atoms with Gasteiger partial charge in [0.15, 0.2) is 0 Å². The minimum atomic E-state index is 0.372. The molecule has 0 spiro atoms. The molecule has 1 heteroatoms. The van der Waals surface area contributed by atoms with Gasteiger partial charge in [0, 0.05) is 0 Å². The van der Waals surface area contributed by atoms with Crippen LogP contribution in [0.25, 0.3) is 0 Å². The van der Waals surface area contributed by atoms with Crippen LogP contribution >= 0.6 is 0 Å². The van der Waals surface area contributed by atoms with Crippen LogP contribution in [0.3, 0.4) is 0 Å². The van der Waals surface area contributed by atoms with Gasteiger partial charge in [-0.15, -0.1) is 0 Å². The summed E-state index contributed by atoms with van der Waals surface area (Å²) in [7, 11) is 0. The normalized spacial score (nSPS) is 26.2. The molecule has 0 unspecified atom stereocenters. The van der Waals surface area contributed by atoms with E-state index in [-0.39, 0.29) is 0 Å². The van der Waals surface area contributed by atoms with Gasteiger partial charge >= 0.3 is 0 Å². The molecule has 0 aromatic rings. The Hall–Kier alpha value is -0.0400. The molecule has 1 saturated carbocycles. The Morgan fingerprint density at radius 2 is 1.50 bits per heavy atom. The molecule has 0 atom stereocenters. The summed E-state index contributed by atoms with van der Waals surface area (Å²) < 4.78 is 5.64. The molecule has 1 nitrogen and oxygen atoms in total. The van der Waals surface area contributed by atoms with Crippen LogP contribution in [-0.2, 0) is 4.74 Å². The zero-order chi connectivity index (χ0) is 9.57. The molecule has 0 amide bonds. The van der Waals surface area contributed by atoms with Crippen molar-refractivity contribution >= 4 is 0 Å². The zero-order valence-corrected chi connectivity index (χ0v) is 9.27. The van der Waals surface area contributed by atoms with Crippen molar-refractivity contribution in [3.8, 4) is 0 Å². The quantitative estimate of drug-likeness (QED) is 0.632. The van der Waals surface area contributed by atoms with E-state index in [1.807, 2.05) is 0 Å². The Labute approximate surface area is 76.5 Å². The predicted octanol–water partition coefficient (Wildman–Crippen LogP) is 3.09. The second-order valence-electron chi connectivity index (χ2n) is 5.38. The molecule has 0 heterocycles. The van der Waals surface area contributed by atoms with E-state index in [4.69, 9.17) is 4.74 Å². The largest absolute Gasteiger partial charge is 0.378 e. The van der Waals surface area contributed by atoms with Crippen molar-refractivity contribution in [3.05, 3.63) is 0 Å². The Balaban J connectivity index is 2.39. The fraction of sp³-hybridized carbons (Fsp3) is 1.00. The van der Waals surface area contributed by atoms with E-state index >= 15 is 0 Å². The first-order valence-electron chi connectivity index (χ1n) is 4.91. The Kier molecular flexibility index (Phi) is 2.28. The summed E-state index contributed by atoms with van der Waals surface area (Å²) in [5.41, 5.74) is 0.948. The molecule has 0 bridgehead atoms. The first-order valence-corrected chi connectivity index (χ1v) is 4.91. The molecule has 0 aliphatic heterocycles. The van der Waals surface area contributed by atoms with Crippen molar-refractivity contribution in [1.29, 1.82) is 0 Å². The van der Waals surface area contributed by atoms with E-state index in [0.717, 1.165) is 12.5 Å². The summed E-state index contributed by atoms with van der Waals surface area (Å²) in [5, 5.41) is 0. The molecule has 0 aromatic carbocycles. The SMILES string of the molecule is CC(C)OCC1C(C)(C)C1(C)C. The smallest absolute Gasteiger partial charge is 0.0519 e. The molecule has 1 rings (SSSR count). The van der Waals surface area contributed by atoms with E-state index < -0.39 is 0 Å². The van der Waals surface area contributed by atoms with Crippen LogP contribution in [0.2, 0.25) is 0 Å². The van der Waals surface area contributed by atoms with Crippen molar-refractivity contribution in [2.45, 2.75) is 47.6 Å². The number of ether oxygens (including phenoxy) is 1. The average Bonchev–Trinajstić information content (AvgIpc) is 2.21. The lowest BCUT2D eigenvalue weighted by Crippen LogP contribution is -2.08. The lowest BCUT2D eigenvalue weighted by molar-refractivity contribution is 0.0613. The monoisotopic (exact) mass is 170 g/mol. The van der Waals surface area contributed by atoms with E-state index in [2.05, 4.69) is 41.5 Å². The highest BCUT2D eigenvalue weighted by atomic mass is 16.5. The molecular weight excluding hydrogens is 148 g/mol. The third-order valence-corrected chi connectivity index (χ3v) is 3.92. The fourth-order valence-electron chi connectivity index (χ4n) is 2.04. The third-order valence-electron chi connectivity index (χ3n) is 3.92. The summed E-state index contributed by atoms with van der Waals surface area (Å²) in [4.78, 5) is 0. The van der Waals surface area contributed by atoms with Crippen LogP contribution in [0.15, 0.2) is 0 Å². The van der Waals surface area contributed by atoms with E-state index in [1.165, 1.54) is 0 Å². The molecule has 0 aromatic heterocycles. The van der Waals surface area contributed by atoms with Gasteiger partial charge in [-0.05, 0) is 30.6 Å². The summed E-state index contributed by atoms with van der Waals surface area (Å²) in [6.07, 6.45) is 0.372. The summed E-state index contributed by atoms with van der Waals surface area (Å²) in [6, 6.07) is 0. The van der Waals surface area contributed by atoms with Crippen molar-refractivity contribution in [1.82, 2.24) is 0 Å². The molecule has 0 N–H and O–H groups in total. The van der Waals surface area contributed by atoms with Gasteiger partial charge < -0.3 is 4.74 Å². The van der Waals surface area contributed by atoms with Gasteiger partial charge in [-0.1, -0.05) is 27.7 Å². The van der Waals surface area contributed by atoms with Crippen LogP contribution in [0.5, 0.6) is 0 Å². The number of hydrogen-bond donors (Lipinski definition) is 0. The van der Waals surface area contributed by atoms with Crippen molar-refractivity contribution in [2.75, 3.05) is 6.61 Å². The minimum absolute atomic E-state index is 0.372. The van der Waals surface area contributed by atoms with Crippen LogP contribution in [0.1, 0.15) is 41.5 Å². The van der Waals surface area contributed by atoms with E-state index in [0.29, 0.717) is 16.9 Å². The summed E-state index contributed by atoms with van der Waals surface area (Å²) in [6.45, 7) is 14.5. The Bertz CT molecular complexity index is 154. The maximum atomic E-state index is 5.64. The average molecular weight is 170 g/mol. The number of rotatable bonds is 3. The van der Waals surface area contributed by atoms with Gasteiger partial charge in [-0.25, -0.2) is 0 Å². The Morgan fingerprint density at radius 1 is 1.08 bits per heavy atom. The fourth-order valence-corrected chi connectivity index (χ4v) is 2.04. The summed E-state index contributed by atoms with van der Waals surface area (Å²) >= 11 is 0. The van der Waals surface area contributed by atoms with Gasteiger partial charge in [-0.2, -0.15) is 0 Å². The molecule has 1 fully saturated rings. The van der Waals surface area contributed by atoms with E-state index in [1.54, 1.807) is 0 Å². The van der Waals surface area contributed by atoms with Gasteiger partial charge in [0.25, 0.3) is 0 Å². The second-order valence-corrected chi connectivity index (χ2v) is 5.38.